The van der Waals surface area contributed by atoms with Gasteiger partial charge in [0.15, 0.2) is 0 Å². The van der Waals surface area contributed by atoms with Gasteiger partial charge in [-0.2, -0.15) is 15.0 Å². The number of nitrogens with zero attached hydrogens (tertiary/aromatic N) is 4. The summed E-state index contributed by atoms with van der Waals surface area (Å²) in [5.74, 6) is 6.91. The van der Waals surface area contributed by atoms with Crippen LogP contribution in [0.3, 0.4) is 0 Å². The van der Waals surface area contributed by atoms with E-state index in [0.29, 0.717) is 17.8 Å². The number of rotatable bonds is 4. The van der Waals surface area contributed by atoms with Crippen LogP contribution in [0.4, 0.5) is 17.8 Å². The third-order valence-electron chi connectivity index (χ3n) is 3.27. The van der Waals surface area contributed by atoms with Gasteiger partial charge in [-0.15, -0.1) is 0 Å². The number of nitrogens with one attached hydrogen (secondary N) is 2. The highest BCUT2D eigenvalue weighted by Gasteiger charge is 2.29. The van der Waals surface area contributed by atoms with Crippen molar-refractivity contribution in [2.45, 2.75) is 38.1 Å². The van der Waals surface area contributed by atoms with Gasteiger partial charge in [-0.1, -0.05) is 12.8 Å². The van der Waals surface area contributed by atoms with Gasteiger partial charge >= 0.3 is 0 Å². The fraction of sp³-hybridized carbons (Fsp3) is 0.727. The van der Waals surface area contributed by atoms with E-state index in [2.05, 4.69) is 32.6 Å². The quantitative estimate of drug-likeness (QED) is 0.542. The summed E-state index contributed by atoms with van der Waals surface area (Å²) in [4.78, 5) is 14.6. The van der Waals surface area contributed by atoms with Gasteiger partial charge < -0.3 is 10.2 Å². The summed E-state index contributed by atoms with van der Waals surface area (Å²) in [5, 5.41) is 3.40. The SMILES string of the molecule is CN(C)c1nc(NN)nc(NC2(C)CCCC2)n1. The van der Waals surface area contributed by atoms with Crippen molar-refractivity contribution >= 4 is 17.8 Å². The zero-order valence-corrected chi connectivity index (χ0v) is 11.2. The Kier molecular flexibility index (Phi) is 3.51. The number of anilines is 3. The van der Waals surface area contributed by atoms with Crippen molar-refractivity contribution in [2.75, 3.05) is 29.7 Å². The van der Waals surface area contributed by atoms with Crippen molar-refractivity contribution in [3.8, 4) is 0 Å². The highest BCUT2D eigenvalue weighted by atomic mass is 15.4. The average Bonchev–Trinajstić information content (AvgIpc) is 2.75. The van der Waals surface area contributed by atoms with Crippen LogP contribution in [0.25, 0.3) is 0 Å². The summed E-state index contributed by atoms with van der Waals surface area (Å²) in [6, 6.07) is 0. The summed E-state index contributed by atoms with van der Waals surface area (Å²) in [6.45, 7) is 2.20. The maximum atomic E-state index is 5.38. The Morgan fingerprint density at radius 3 is 2.28 bits per heavy atom. The van der Waals surface area contributed by atoms with E-state index in [1.807, 2.05) is 19.0 Å². The molecule has 7 heteroatoms. The summed E-state index contributed by atoms with van der Waals surface area (Å²) < 4.78 is 0. The fourth-order valence-corrected chi connectivity index (χ4v) is 2.24. The molecule has 1 saturated carbocycles. The van der Waals surface area contributed by atoms with E-state index in [-0.39, 0.29) is 5.54 Å². The smallest absolute Gasteiger partial charge is 0.243 e. The molecule has 0 amide bonds. The first-order valence-electron chi connectivity index (χ1n) is 6.21. The number of nitrogens with two attached hydrogens (primary N) is 1. The number of hydrogen-bond donors (Lipinski definition) is 3. The third kappa shape index (κ3) is 2.79. The Morgan fingerprint density at radius 2 is 1.72 bits per heavy atom. The van der Waals surface area contributed by atoms with Gasteiger partial charge in [0.25, 0.3) is 0 Å². The maximum absolute atomic E-state index is 5.38. The Labute approximate surface area is 107 Å². The third-order valence-corrected chi connectivity index (χ3v) is 3.27. The lowest BCUT2D eigenvalue weighted by Crippen LogP contribution is -2.32. The van der Waals surface area contributed by atoms with Crippen molar-refractivity contribution < 1.29 is 0 Å². The molecule has 0 bridgehead atoms. The van der Waals surface area contributed by atoms with Crippen LogP contribution in [-0.2, 0) is 0 Å². The molecule has 0 atom stereocenters. The topological polar surface area (TPSA) is 92.0 Å². The monoisotopic (exact) mass is 251 g/mol. The molecule has 100 valence electrons. The van der Waals surface area contributed by atoms with Gasteiger partial charge in [-0.05, 0) is 19.8 Å². The number of aromatic nitrogens is 3. The Morgan fingerprint density at radius 1 is 1.11 bits per heavy atom. The summed E-state index contributed by atoms with van der Waals surface area (Å²) in [6.07, 6.45) is 4.77. The second kappa shape index (κ2) is 4.93. The van der Waals surface area contributed by atoms with Crippen LogP contribution in [-0.4, -0.2) is 34.6 Å². The number of hydrazine groups is 1. The largest absolute Gasteiger partial charge is 0.349 e. The minimum Gasteiger partial charge on any atom is -0.349 e. The molecule has 0 saturated heterocycles. The van der Waals surface area contributed by atoms with Crippen molar-refractivity contribution in [1.82, 2.24) is 15.0 Å². The molecule has 0 aromatic carbocycles. The molecule has 1 aliphatic carbocycles. The molecule has 1 aromatic rings. The minimum atomic E-state index is 0.0802. The molecule has 1 heterocycles. The molecular weight excluding hydrogens is 230 g/mol. The molecule has 0 unspecified atom stereocenters. The zero-order valence-electron chi connectivity index (χ0n) is 11.2. The van der Waals surface area contributed by atoms with Crippen molar-refractivity contribution in [3.05, 3.63) is 0 Å². The van der Waals surface area contributed by atoms with E-state index in [1.165, 1.54) is 12.8 Å². The predicted octanol–water partition coefficient (Wildman–Crippen LogP) is 0.968. The average molecular weight is 251 g/mol. The lowest BCUT2D eigenvalue weighted by molar-refractivity contribution is 0.528. The van der Waals surface area contributed by atoms with Crippen molar-refractivity contribution in [2.24, 2.45) is 5.84 Å². The Hall–Kier alpha value is -1.63. The number of hydrogen-bond acceptors (Lipinski definition) is 7. The maximum Gasteiger partial charge on any atom is 0.243 e. The Balaban J connectivity index is 2.23. The van der Waals surface area contributed by atoms with Crippen molar-refractivity contribution in [3.63, 3.8) is 0 Å². The second-order valence-electron chi connectivity index (χ2n) is 5.21. The molecule has 1 fully saturated rings. The van der Waals surface area contributed by atoms with E-state index in [1.54, 1.807) is 0 Å². The normalized spacial score (nSPS) is 17.6. The van der Waals surface area contributed by atoms with Crippen molar-refractivity contribution in [1.29, 1.82) is 0 Å². The minimum absolute atomic E-state index is 0.0802. The molecule has 1 aromatic heterocycles. The van der Waals surface area contributed by atoms with Crippen LogP contribution >= 0.6 is 0 Å². The summed E-state index contributed by atoms with van der Waals surface area (Å²) >= 11 is 0. The first-order chi connectivity index (χ1) is 8.52. The molecule has 2 rings (SSSR count). The fourth-order valence-electron chi connectivity index (χ4n) is 2.24. The van der Waals surface area contributed by atoms with Crippen LogP contribution in [0.15, 0.2) is 0 Å². The highest BCUT2D eigenvalue weighted by molar-refractivity contribution is 5.43. The lowest BCUT2D eigenvalue weighted by Gasteiger charge is -2.25. The van der Waals surface area contributed by atoms with Gasteiger partial charge in [0.2, 0.25) is 17.8 Å². The molecule has 0 spiro atoms. The number of nitrogen functional groups attached to an aromatic ring is 1. The summed E-state index contributed by atoms with van der Waals surface area (Å²) in [5.41, 5.74) is 2.55. The molecule has 1 aliphatic rings. The first-order valence-corrected chi connectivity index (χ1v) is 6.21. The second-order valence-corrected chi connectivity index (χ2v) is 5.21. The molecule has 18 heavy (non-hydrogen) atoms. The lowest BCUT2D eigenvalue weighted by atomic mass is 10.0. The molecule has 0 aliphatic heterocycles. The van der Waals surface area contributed by atoms with E-state index in [0.717, 1.165) is 12.8 Å². The van der Waals surface area contributed by atoms with Gasteiger partial charge in [-0.3, -0.25) is 5.43 Å². The molecule has 7 nitrogen and oxygen atoms in total. The Bertz CT molecular complexity index is 412. The van der Waals surface area contributed by atoms with E-state index in [9.17, 15) is 0 Å². The van der Waals surface area contributed by atoms with Crippen LogP contribution in [0.1, 0.15) is 32.6 Å². The predicted molar refractivity (Wildman–Crippen MR) is 72.5 cm³/mol. The van der Waals surface area contributed by atoms with Crippen LogP contribution in [0.2, 0.25) is 0 Å². The van der Waals surface area contributed by atoms with Crippen LogP contribution in [0, 0.1) is 0 Å². The van der Waals surface area contributed by atoms with Gasteiger partial charge in [0.05, 0.1) is 0 Å². The van der Waals surface area contributed by atoms with Gasteiger partial charge in [0, 0.05) is 19.6 Å². The van der Waals surface area contributed by atoms with Crippen LogP contribution in [0.5, 0.6) is 0 Å². The van der Waals surface area contributed by atoms with Gasteiger partial charge in [0.1, 0.15) is 0 Å². The molecular formula is C11H21N7. The van der Waals surface area contributed by atoms with E-state index in [4.69, 9.17) is 5.84 Å². The molecule has 4 N–H and O–H groups in total. The standard InChI is InChI=1S/C11H21N7/c1-11(6-4-5-7-11)16-8-13-9(17-12)15-10(14-8)18(2)3/h4-7,12H2,1-3H3,(H2,13,14,15,16,17). The summed E-state index contributed by atoms with van der Waals surface area (Å²) in [7, 11) is 3.77. The molecule has 0 radical (unpaired) electrons. The van der Waals surface area contributed by atoms with E-state index >= 15 is 0 Å². The zero-order chi connectivity index (χ0) is 13.2. The highest BCUT2D eigenvalue weighted by Crippen LogP contribution is 2.31. The first kappa shape index (κ1) is 12.8. The van der Waals surface area contributed by atoms with E-state index < -0.39 is 0 Å². The van der Waals surface area contributed by atoms with Gasteiger partial charge in [-0.25, -0.2) is 5.84 Å². The van der Waals surface area contributed by atoms with Crippen LogP contribution < -0.4 is 21.5 Å².